The molecule has 6 heteroatoms. The highest BCUT2D eigenvalue weighted by Gasteiger charge is 2.12. The normalized spacial score (nSPS) is 9.56. The van der Waals surface area contributed by atoms with E-state index in [2.05, 4.69) is 16.9 Å². The van der Waals surface area contributed by atoms with Crippen LogP contribution in [0.3, 0.4) is 0 Å². The van der Waals surface area contributed by atoms with E-state index >= 15 is 0 Å². The van der Waals surface area contributed by atoms with E-state index < -0.39 is 4.92 Å². The van der Waals surface area contributed by atoms with Gasteiger partial charge in [-0.05, 0) is 30.0 Å². The van der Waals surface area contributed by atoms with Crippen molar-refractivity contribution in [2.45, 2.75) is 26.2 Å². The lowest BCUT2D eigenvalue weighted by Crippen LogP contribution is -1.91. The fourth-order valence-electron chi connectivity index (χ4n) is 1.38. The molecule has 0 radical (unpaired) electrons. The molecule has 0 saturated heterocycles. The molecular formula is C10H12N4O2. The zero-order chi connectivity index (χ0) is 12.0. The van der Waals surface area contributed by atoms with Gasteiger partial charge >= 0.3 is 0 Å². The Morgan fingerprint density at radius 3 is 2.88 bits per heavy atom. The molecule has 0 aliphatic rings. The van der Waals surface area contributed by atoms with Crippen LogP contribution >= 0.6 is 0 Å². The van der Waals surface area contributed by atoms with Crippen LogP contribution in [0.4, 0.5) is 11.4 Å². The van der Waals surface area contributed by atoms with Gasteiger partial charge in [-0.1, -0.05) is 24.5 Å². The number of azide groups is 1. The van der Waals surface area contributed by atoms with E-state index in [0.29, 0.717) is 0 Å². The van der Waals surface area contributed by atoms with Gasteiger partial charge in [-0.3, -0.25) is 10.1 Å². The molecule has 1 aromatic carbocycles. The van der Waals surface area contributed by atoms with Crippen molar-refractivity contribution in [2.24, 2.45) is 5.11 Å². The summed E-state index contributed by atoms with van der Waals surface area (Å²) in [6.45, 7) is 2.06. The molecular weight excluding hydrogens is 208 g/mol. The summed E-state index contributed by atoms with van der Waals surface area (Å²) in [5.41, 5.74) is 9.10. The fourth-order valence-corrected chi connectivity index (χ4v) is 1.38. The predicted octanol–water partition coefficient (Wildman–Crippen LogP) is 3.88. The van der Waals surface area contributed by atoms with E-state index in [4.69, 9.17) is 5.53 Å². The molecule has 84 valence electrons. The first kappa shape index (κ1) is 12.0. The summed E-state index contributed by atoms with van der Waals surface area (Å²) in [5, 5.41) is 14.0. The van der Waals surface area contributed by atoms with Crippen LogP contribution in [-0.2, 0) is 6.42 Å². The van der Waals surface area contributed by atoms with Crippen LogP contribution in [0.25, 0.3) is 10.4 Å². The smallest absolute Gasteiger partial charge is 0.258 e. The Hall–Kier alpha value is -2.07. The first-order valence-corrected chi connectivity index (χ1v) is 5.01. The molecule has 0 spiro atoms. The molecule has 0 unspecified atom stereocenters. The average molecular weight is 220 g/mol. The highest BCUT2D eigenvalue weighted by atomic mass is 16.6. The number of nitrogens with zero attached hydrogens (tertiary/aromatic N) is 4. The zero-order valence-electron chi connectivity index (χ0n) is 8.96. The second-order valence-electron chi connectivity index (χ2n) is 3.37. The summed E-state index contributed by atoms with van der Waals surface area (Å²) >= 11 is 0. The molecule has 0 aliphatic heterocycles. The molecule has 0 N–H and O–H groups in total. The van der Waals surface area contributed by atoms with E-state index in [1.54, 1.807) is 6.07 Å². The van der Waals surface area contributed by atoms with Crippen LogP contribution < -0.4 is 0 Å². The number of aryl methyl sites for hydroxylation is 1. The Morgan fingerprint density at radius 2 is 2.31 bits per heavy atom. The maximum absolute atomic E-state index is 10.7. The summed E-state index contributed by atoms with van der Waals surface area (Å²) in [6.07, 6.45) is 2.82. The van der Waals surface area contributed by atoms with Crippen molar-refractivity contribution in [1.29, 1.82) is 0 Å². The minimum atomic E-state index is -0.528. The SMILES string of the molecule is CCCCc1ccc(N=[N+]=[N-])c([N+](=O)[O-])c1. The highest BCUT2D eigenvalue weighted by Crippen LogP contribution is 2.28. The van der Waals surface area contributed by atoms with Crippen LogP contribution in [0.5, 0.6) is 0 Å². The molecule has 0 aliphatic carbocycles. The summed E-state index contributed by atoms with van der Waals surface area (Å²) in [5.74, 6) is 0. The molecule has 0 fully saturated rings. The van der Waals surface area contributed by atoms with Gasteiger partial charge < -0.3 is 0 Å². The first-order chi connectivity index (χ1) is 7.69. The Balaban J connectivity index is 3.07. The lowest BCUT2D eigenvalue weighted by molar-refractivity contribution is -0.384. The minimum Gasteiger partial charge on any atom is -0.258 e. The number of unbranched alkanes of at least 4 members (excludes halogenated alkanes) is 1. The van der Waals surface area contributed by atoms with E-state index in [1.807, 2.05) is 0 Å². The van der Waals surface area contributed by atoms with Crippen LogP contribution in [0.15, 0.2) is 23.3 Å². The van der Waals surface area contributed by atoms with E-state index in [-0.39, 0.29) is 11.4 Å². The number of benzene rings is 1. The maximum Gasteiger partial charge on any atom is 0.279 e. The van der Waals surface area contributed by atoms with Crippen LogP contribution in [-0.4, -0.2) is 4.92 Å². The quantitative estimate of drug-likeness (QED) is 0.247. The Kier molecular flexibility index (Phi) is 4.29. The van der Waals surface area contributed by atoms with Gasteiger partial charge in [0.05, 0.1) is 4.92 Å². The summed E-state index contributed by atoms with van der Waals surface area (Å²) in [4.78, 5) is 12.8. The maximum atomic E-state index is 10.7. The Bertz CT molecular complexity index is 438. The van der Waals surface area contributed by atoms with Gasteiger partial charge in [0.1, 0.15) is 5.69 Å². The molecule has 0 aromatic heterocycles. The van der Waals surface area contributed by atoms with E-state index in [1.165, 1.54) is 12.1 Å². The minimum absolute atomic E-state index is 0.0627. The second kappa shape index (κ2) is 5.72. The number of nitro benzene ring substituents is 1. The Labute approximate surface area is 92.7 Å². The average Bonchev–Trinajstić information content (AvgIpc) is 2.27. The van der Waals surface area contributed by atoms with Crippen molar-refractivity contribution in [1.82, 2.24) is 0 Å². The molecule has 0 bridgehead atoms. The van der Waals surface area contributed by atoms with Crippen LogP contribution in [0.1, 0.15) is 25.3 Å². The number of rotatable bonds is 5. The highest BCUT2D eigenvalue weighted by molar-refractivity contribution is 5.58. The van der Waals surface area contributed by atoms with Gasteiger partial charge in [0.25, 0.3) is 5.69 Å². The van der Waals surface area contributed by atoms with Gasteiger partial charge in [-0.2, -0.15) is 0 Å². The molecule has 6 nitrogen and oxygen atoms in total. The molecule has 0 saturated carbocycles. The van der Waals surface area contributed by atoms with Gasteiger partial charge in [0.15, 0.2) is 0 Å². The molecule has 1 rings (SSSR count). The molecule has 0 atom stereocenters. The van der Waals surface area contributed by atoms with Gasteiger partial charge in [0, 0.05) is 11.0 Å². The summed E-state index contributed by atoms with van der Waals surface area (Å²) in [6, 6.07) is 4.72. The zero-order valence-corrected chi connectivity index (χ0v) is 8.96. The third-order valence-electron chi connectivity index (χ3n) is 2.21. The number of hydrogen-bond acceptors (Lipinski definition) is 3. The summed E-state index contributed by atoms with van der Waals surface area (Å²) < 4.78 is 0. The van der Waals surface area contributed by atoms with Crippen molar-refractivity contribution in [2.75, 3.05) is 0 Å². The topological polar surface area (TPSA) is 91.9 Å². The lowest BCUT2D eigenvalue weighted by atomic mass is 10.1. The van der Waals surface area contributed by atoms with Crippen molar-refractivity contribution >= 4 is 11.4 Å². The van der Waals surface area contributed by atoms with Gasteiger partial charge in [-0.25, -0.2) is 0 Å². The molecule has 0 heterocycles. The number of nitro groups is 1. The van der Waals surface area contributed by atoms with Gasteiger partial charge in [-0.15, -0.1) is 0 Å². The second-order valence-corrected chi connectivity index (χ2v) is 3.37. The monoisotopic (exact) mass is 220 g/mol. The van der Waals surface area contributed by atoms with Crippen molar-refractivity contribution in [3.63, 3.8) is 0 Å². The predicted molar refractivity (Wildman–Crippen MR) is 60.5 cm³/mol. The van der Waals surface area contributed by atoms with Crippen molar-refractivity contribution < 1.29 is 4.92 Å². The van der Waals surface area contributed by atoms with Gasteiger partial charge in [0.2, 0.25) is 0 Å². The molecule has 16 heavy (non-hydrogen) atoms. The number of hydrogen-bond donors (Lipinski definition) is 0. The standard InChI is InChI=1S/C10H12N4O2/c1-2-3-4-8-5-6-9(12-13-11)10(7-8)14(15)16/h5-7H,2-4H2,1H3. The Morgan fingerprint density at radius 1 is 1.56 bits per heavy atom. The molecule has 0 amide bonds. The van der Waals surface area contributed by atoms with Crippen molar-refractivity contribution in [3.05, 3.63) is 44.3 Å². The van der Waals surface area contributed by atoms with Crippen LogP contribution in [0.2, 0.25) is 0 Å². The van der Waals surface area contributed by atoms with Crippen molar-refractivity contribution in [3.8, 4) is 0 Å². The molecule has 1 aromatic rings. The third-order valence-corrected chi connectivity index (χ3v) is 2.21. The van der Waals surface area contributed by atoms with Crippen LogP contribution in [0, 0.1) is 10.1 Å². The lowest BCUT2D eigenvalue weighted by Gasteiger charge is -2.01. The van der Waals surface area contributed by atoms with E-state index in [9.17, 15) is 10.1 Å². The largest absolute Gasteiger partial charge is 0.279 e. The third kappa shape index (κ3) is 2.96. The fraction of sp³-hybridized carbons (Fsp3) is 0.400. The summed E-state index contributed by atoms with van der Waals surface area (Å²) in [7, 11) is 0. The first-order valence-electron chi connectivity index (χ1n) is 5.01. The van der Waals surface area contributed by atoms with E-state index in [0.717, 1.165) is 24.8 Å².